The fraction of sp³-hybridized carbons (Fsp3) is 0.273. The molecule has 1 N–H and O–H groups in total. The SMILES string of the molecule is CCOC(=O)c1cnn(-c2ccc(C(=O)Nc3ccc(OCCOC)nc3)cc2)c1C. The second-order valence-corrected chi connectivity index (χ2v) is 6.50. The highest BCUT2D eigenvalue weighted by atomic mass is 16.5. The van der Waals surface area contributed by atoms with Crippen LogP contribution in [-0.2, 0) is 9.47 Å². The lowest BCUT2D eigenvalue weighted by atomic mass is 10.2. The van der Waals surface area contributed by atoms with E-state index < -0.39 is 5.97 Å². The molecule has 3 rings (SSSR count). The van der Waals surface area contributed by atoms with Gasteiger partial charge in [-0.3, -0.25) is 4.79 Å². The number of aromatic nitrogens is 3. The fourth-order valence-corrected chi connectivity index (χ4v) is 2.81. The zero-order valence-corrected chi connectivity index (χ0v) is 17.6. The Morgan fingerprint density at radius 3 is 2.48 bits per heavy atom. The highest BCUT2D eigenvalue weighted by Crippen LogP contribution is 2.17. The summed E-state index contributed by atoms with van der Waals surface area (Å²) in [5.74, 6) is -0.229. The van der Waals surface area contributed by atoms with Crippen molar-refractivity contribution in [1.82, 2.24) is 14.8 Å². The average Bonchev–Trinajstić information content (AvgIpc) is 3.17. The van der Waals surface area contributed by atoms with E-state index in [2.05, 4.69) is 15.4 Å². The summed E-state index contributed by atoms with van der Waals surface area (Å²) in [7, 11) is 1.60. The van der Waals surface area contributed by atoms with Crippen LogP contribution < -0.4 is 10.1 Å². The van der Waals surface area contributed by atoms with Crippen molar-refractivity contribution in [2.45, 2.75) is 13.8 Å². The third-order valence-electron chi connectivity index (χ3n) is 4.41. The maximum Gasteiger partial charge on any atom is 0.341 e. The molecular weight excluding hydrogens is 400 g/mol. The molecule has 9 nitrogen and oxygen atoms in total. The van der Waals surface area contributed by atoms with Crippen LogP contribution >= 0.6 is 0 Å². The summed E-state index contributed by atoms with van der Waals surface area (Å²) >= 11 is 0. The molecular formula is C22H24N4O5. The molecule has 0 atom stereocenters. The van der Waals surface area contributed by atoms with Crippen molar-refractivity contribution < 1.29 is 23.8 Å². The van der Waals surface area contributed by atoms with Gasteiger partial charge in [-0.2, -0.15) is 5.10 Å². The van der Waals surface area contributed by atoms with E-state index in [1.807, 2.05) is 0 Å². The largest absolute Gasteiger partial charge is 0.475 e. The molecule has 1 amide bonds. The monoisotopic (exact) mass is 424 g/mol. The summed E-state index contributed by atoms with van der Waals surface area (Å²) in [6.45, 7) is 4.71. The molecule has 2 aromatic heterocycles. The van der Waals surface area contributed by atoms with Crippen molar-refractivity contribution in [2.24, 2.45) is 0 Å². The minimum absolute atomic E-state index is 0.272. The molecule has 2 heterocycles. The molecule has 0 fully saturated rings. The van der Waals surface area contributed by atoms with Crippen LogP contribution in [0.3, 0.4) is 0 Å². The molecule has 162 valence electrons. The fourth-order valence-electron chi connectivity index (χ4n) is 2.81. The van der Waals surface area contributed by atoms with Crippen molar-refractivity contribution in [3.63, 3.8) is 0 Å². The van der Waals surface area contributed by atoms with Gasteiger partial charge in [-0.1, -0.05) is 0 Å². The number of benzene rings is 1. The van der Waals surface area contributed by atoms with E-state index in [1.165, 1.54) is 12.4 Å². The lowest BCUT2D eigenvalue weighted by molar-refractivity contribution is 0.0525. The summed E-state index contributed by atoms with van der Waals surface area (Å²) in [4.78, 5) is 28.6. The first-order valence-corrected chi connectivity index (χ1v) is 9.74. The number of methoxy groups -OCH3 is 1. The Morgan fingerprint density at radius 2 is 1.84 bits per heavy atom. The molecule has 0 saturated carbocycles. The van der Waals surface area contributed by atoms with Gasteiger partial charge in [-0.05, 0) is 44.2 Å². The lowest BCUT2D eigenvalue weighted by Crippen LogP contribution is -2.12. The molecule has 1 aromatic carbocycles. The van der Waals surface area contributed by atoms with Crippen molar-refractivity contribution >= 4 is 17.6 Å². The standard InChI is InChI=1S/C22H24N4O5/c1-4-30-22(28)19-14-24-26(15(19)2)18-8-5-16(6-9-18)21(27)25-17-7-10-20(23-13-17)31-12-11-29-3/h5-10,13-14H,4,11-12H2,1-3H3,(H,25,27). The molecule has 0 saturated heterocycles. The van der Waals surface area contributed by atoms with Crippen molar-refractivity contribution in [1.29, 1.82) is 0 Å². The Labute approximate surface area is 180 Å². The number of amides is 1. The smallest absolute Gasteiger partial charge is 0.341 e. The van der Waals surface area contributed by atoms with Gasteiger partial charge in [0, 0.05) is 18.7 Å². The average molecular weight is 424 g/mol. The van der Waals surface area contributed by atoms with E-state index in [1.54, 1.807) is 62.0 Å². The van der Waals surface area contributed by atoms with Crippen LogP contribution in [0.25, 0.3) is 5.69 Å². The van der Waals surface area contributed by atoms with Crippen LogP contribution in [0.1, 0.15) is 33.3 Å². The molecule has 3 aromatic rings. The minimum Gasteiger partial charge on any atom is -0.475 e. The van der Waals surface area contributed by atoms with Gasteiger partial charge in [0.2, 0.25) is 5.88 Å². The minimum atomic E-state index is -0.411. The second kappa shape index (κ2) is 10.4. The summed E-state index contributed by atoms with van der Waals surface area (Å²) in [5.41, 5.74) is 2.82. The van der Waals surface area contributed by atoms with Gasteiger partial charge in [-0.25, -0.2) is 14.5 Å². The highest BCUT2D eigenvalue weighted by Gasteiger charge is 2.16. The van der Waals surface area contributed by atoms with E-state index in [4.69, 9.17) is 14.2 Å². The number of carbonyl (C=O) groups is 2. The van der Waals surface area contributed by atoms with E-state index >= 15 is 0 Å². The number of hydrogen-bond donors (Lipinski definition) is 1. The predicted octanol–water partition coefficient (Wildman–Crippen LogP) is 3.03. The number of nitrogens with zero attached hydrogens (tertiary/aromatic N) is 3. The number of nitrogens with one attached hydrogen (secondary N) is 1. The van der Waals surface area contributed by atoms with Crippen molar-refractivity contribution in [3.8, 4) is 11.6 Å². The number of ether oxygens (including phenoxy) is 3. The van der Waals surface area contributed by atoms with Crippen LogP contribution in [0.5, 0.6) is 5.88 Å². The Morgan fingerprint density at radius 1 is 1.06 bits per heavy atom. The van der Waals surface area contributed by atoms with Crippen molar-refractivity contribution in [3.05, 3.63) is 65.6 Å². The number of rotatable bonds is 9. The van der Waals surface area contributed by atoms with Gasteiger partial charge in [0.25, 0.3) is 5.91 Å². The third kappa shape index (κ3) is 5.46. The number of anilines is 1. The van der Waals surface area contributed by atoms with Crippen molar-refractivity contribution in [2.75, 3.05) is 32.2 Å². The Kier molecular flexibility index (Phi) is 7.34. The van der Waals surface area contributed by atoms with Gasteiger partial charge in [0.05, 0.1) is 42.7 Å². The number of pyridine rings is 1. The van der Waals surface area contributed by atoms with E-state index in [0.29, 0.717) is 48.2 Å². The second-order valence-electron chi connectivity index (χ2n) is 6.50. The van der Waals surface area contributed by atoms with Crippen LogP contribution in [0, 0.1) is 6.92 Å². The molecule has 9 heteroatoms. The summed E-state index contributed by atoms with van der Waals surface area (Å²) in [6.07, 6.45) is 3.00. The van der Waals surface area contributed by atoms with E-state index in [0.717, 1.165) is 5.69 Å². The first-order valence-electron chi connectivity index (χ1n) is 9.74. The van der Waals surface area contributed by atoms with Gasteiger partial charge < -0.3 is 19.5 Å². The Hall–Kier alpha value is -3.72. The zero-order valence-electron chi connectivity index (χ0n) is 17.6. The Bertz CT molecular complexity index is 1030. The number of hydrogen-bond acceptors (Lipinski definition) is 7. The maximum absolute atomic E-state index is 12.5. The van der Waals surface area contributed by atoms with E-state index in [9.17, 15) is 9.59 Å². The summed E-state index contributed by atoms with van der Waals surface area (Å²) < 4.78 is 17.0. The zero-order chi connectivity index (χ0) is 22.2. The topological polar surface area (TPSA) is 105 Å². The molecule has 0 spiro atoms. The normalized spacial score (nSPS) is 10.5. The van der Waals surface area contributed by atoms with Crippen LogP contribution in [0.4, 0.5) is 5.69 Å². The van der Waals surface area contributed by atoms with Crippen LogP contribution in [0.2, 0.25) is 0 Å². The molecule has 0 aliphatic carbocycles. The first kappa shape index (κ1) is 22.0. The van der Waals surface area contributed by atoms with E-state index in [-0.39, 0.29) is 5.91 Å². The number of esters is 1. The molecule has 0 unspecified atom stereocenters. The first-order chi connectivity index (χ1) is 15.0. The molecule has 0 radical (unpaired) electrons. The maximum atomic E-state index is 12.5. The third-order valence-corrected chi connectivity index (χ3v) is 4.41. The van der Waals surface area contributed by atoms with Gasteiger partial charge in [0.1, 0.15) is 12.2 Å². The summed E-state index contributed by atoms with van der Waals surface area (Å²) in [6, 6.07) is 10.3. The van der Waals surface area contributed by atoms with Crippen LogP contribution in [-0.4, -0.2) is 53.6 Å². The van der Waals surface area contributed by atoms with Gasteiger partial charge >= 0.3 is 5.97 Å². The highest BCUT2D eigenvalue weighted by molar-refractivity contribution is 6.04. The van der Waals surface area contributed by atoms with Gasteiger partial charge in [0.15, 0.2) is 0 Å². The van der Waals surface area contributed by atoms with Crippen LogP contribution in [0.15, 0.2) is 48.8 Å². The molecule has 0 aliphatic rings. The lowest BCUT2D eigenvalue weighted by Gasteiger charge is -2.09. The predicted molar refractivity (Wildman–Crippen MR) is 114 cm³/mol. The molecule has 31 heavy (non-hydrogen) atoms. The molecule has 0 bridgehead atoms. The van der Waals surface area contributed by atoms with Gasteiger partial charge in [-0.15, -0.1) is 0 Å². The quantitative estimate of drug-likeness (QED) is 0.416. The summed E-state index contributed by atoms with van der Waals surface area (Å²) in [5, 5.41) is 7.04. The Balaban J connectivity index is 1.65. The number of carbonyl (C=O) groups excluding carboxylic acids is 2. The molecule has 0 aliphatic heterocycles.